The summed E-state index contributed by atoms with van der Waals surface area (Å²) in [4.78, 5) is 28.6. The summed E-state index contributed by atoms with van der Waals surface area (Å²) in [6, 6.07) is 14.4. The number of aliphatic hydroxyl groups is 1. The molecule has 1 aliphatic carbocycles. The molecule has 1 aliphatic heterocycles. The van der Waals surface area contributed by atoms with E-state index in [-0.39, 0.29) is 17.4 Å². The van der Waals surface area contributed by atoms with Crippen LogP contribution in [-0.4, -0.2) is 38.9 Å². The van der Waals surface area contributed by atoms with Gasteiger partial charge < -0.3 is 19.3 Å². The number of aliphatic hydroxyl groups excluding tert-OH is 1. The molecule has 0 spiro atoms. The third kappa shape index (κ3) is 4.11. The molecule has 6 heteroatoms. The third-order valence-electron chi connectivity index (χ3n) is 7.11. The van der Waals surface area contributed by atoms with Crippen molar-refractivity contribution < 1.29 is 19.4 Å². The first-order valence-electron chi connectivity index (χ1n) is 12.4. The molecule has 3 aromatic rings. The maximum Gasteiger partial charge on any atom is 0.295 e. The molecule has 1 N–H and O–H groups in total. The molecule has 6 nitrogen and oxygen atoms in total. The summed E-state index contributed by atoms with van der Waals surface area (Å²) in [5, 5.41) is 12.5. The Kier molecular flexibility index (Phi) is 6.13. The van der Waals surface area contributed by atoms with E-state index in [1.165, 1.54) is 0 Å². The van der Waals surface area contributed by atoms with Gasteiger partial charge in [0.05, 0.1) is 18.2 Å². The number of para-hydroxylation sites is 1. The van der Waals surface area contributed by atoms with Gasteiger partial charge in [0.25, 0.3) is 11.7 Å². The number of ether oxygens (including phenoxy) is 1. The van der Waals surface area contributed by atoms with Gasteiger partial charge in [-0.05, 0) is 37.0 Å². The van der Waals surface area contributed by atoms with E-state index in [0.717, 1.165) is 42.1 Å². The average Bonchev–Trinajstić information content (AvgIpc) is 3.56. The average molecular weight is 473 g/mol. The van der Waals surface area contributed by atoms with Crippen LogP contribution in [0, 0.1) is 5.92 Å². The SMILES string of the molecule is CC(C)COc1cccc(/C(O)=C2\C(=O)C(=O)N(C3CCCC3)C2c2cn(C)c3ccccc23)c1. The lowest BCUT2D eigenvalue weighted by molar-refractivity contribution is -0.141. The van der Waals surface area contributed by atoms with Crippen molar-refractivity contribution in [2.45, 2.75) is 51.6 Å². The van der Waals surface area contributed by atoms with Gasteiger partial charge in [-0.3, -0.25) is 9.59 Å². The number of hydrogen-bond acceptors (Lipinski definition) is 4. The monoisotopic (exact) mass is 472 g/mol. The first kappa shape index (κ1) is 23.2. The van der Waals surface area contributed by atoms with Crippen LogP contribution in [0.25, 0.3) is 16.7 Å². The quantitative estimate of drug-likeness (QED) is 0.289. The number of hydrogen-bond donors (Lipinski definition) is 1. The topological polar surface area (TPSA) is 71.8 Å². The number of nitrogens with zero attached hydrogens (tertiary/aromatic N) is 2. The number of carbonyl (C=O) groups is 2. The van der Waals surface area contributed by atoms with Gasteiger partial charge in [-0.15, -0.1) is 0 Å². The zero-order valence-electron chi connectivity index (χ0n) is 20.5. The maximum atomic E-state index is 13.5. The molecule has 5 rings (SSSR count). The molecule has 35 heavy (non-hydrogen) atoms. The van der Waals surface area contributed by atoms with E-state index in [9.17, 15) is 14.7 Å². The standard InChI is InChI=1S/C29H32N2O4/c1-18(2)17-35-21-12-8-9-19(15-21)27(32)25-26(23-16-30(3)24-14-7-6-13-22(23)24)31(29(34)28(25)33)20-10-4-5-11-20/h6-9,12-16,18,20,26,32H,4-5,10-11,17H2,1-3H3/b27-25+. The first-order valence-corrected chi connectivity index (χ1v) is 12.4. The molecule has 1 saturated heterocycles. The summed E-state index contributed by atoms with van der Waals surface area (Å²) in [5.41, 5.74) is 2.51. The molecule has 2 heterocycles. The summed E-state index contributed by atoms with van der Waals surface area (Å²) < 4.78 is 7.86. The van der Waals surface area contributed by atoms with Gasteiger partial charge >= 0.3 is 0 Å². The van der Waals surface area contributed by atoms with E-state index >= 15 is 0 Å². The van der Waals surface area contributed by atoms with Gasteiger partial charge in [-0.2, -0.15) is 0 Å². The summed E-state index contributed by atoms with van der Waals surface area (Å²) in [6.45, 7) is 4.68. The zero-order chi connectivity index (χ0) is 24.7. The Morgan fingerprint density at radius 1 is 1.09 bits per heavy atom. The summed E-state index contributed by atoms with van der Waals surface area (Å²) in [7, 11) is 1.96. The largest absolute Gasteiger partial charge is 0.507 e. The highest BCUT2D eigenvalue weighted by molar-refractivity contribution is 6.46. The molecule has 1 atom stereocenters. The van der Waals surface area contributed by atoms with Gasteiger partial charge in [0.1, 0.15) is 11.5 Å². The fourth-order valence-electron chi connectivity index (χ4n) is 5.46. The summed E-state index contributed by atoms with van der Waals surface area (Å²) in [5.74, 6) is -0.328. The van der Waals surface area contributed by atoms with Crippen molar-refractivity contribution in [3.8, 4) is 5.75 Å². The number of fused-ring (bicyclic) bond motifs is 1. The van der Waals surface area contributed by atoms with Crippen molar-refractivity contribution in [1.29, 1.82) is 0 Å². The van der Waals surface area contributed by atoms with Crippen molar-refractivity contribution in [3.05, 3.63) is 71.4 Å². The Hall–Kier alpha value is -3.54. The van der Waals surface area contributed by atoms with Crippen molar-refractivity contribution in [2.75, 3.05) is 6.61 Å². The van der Waals surface area contributed by atoms with Crippen LogP contribution < -0.4 is 4.74 Å². The minimum Gasteiger partial charge on any atom is -0.507 e. The van der Waals surface area contributed by atoms with Crippen LogP contribution in [0.1, 0.15) is 56.7 Å². The highest BCUT2D eigenvalue weighted by atomic mass is 16.5. The van der Waals surface area contributed by atoms with Crippen molar-refractivity contribution in [3.63, 3.8) is 0 Å². The molecule has 2 aromatic carbocycles. The predicted molar refractivity (Wildman–Crippen MR) is 136 cm³/mol. The Bertz CT molecular complexity index is 1310. The van der Waals surface area contributed by atoms with E-state index in [1.54, 1.807) is 23.1 Å². The Labute approximate surface area is 205 Å². The lowest BCUT2D eigenvalue weighted by Gasteiger charge is -2.30. The van der Waals surface area contributed by atoms with Gasteiger partial charge in [0.15, 0.2) is 0 Å². The second kappa shape index (κ2) is 9.25. The second-order valence-electron chi connectivity index (χ2n) is 10.1. The minimum atomic E-state index is -0.635. The molecule has 0 radical (unpaired) electrons. The van der Waals surface area contributed by atoms with Gasteiger partial charge in [0, 0.05) is 41.3 Å². The number of benzene rings is 2. The minimum absolute atomic E-state index is 0.0126. The normalized spacial score (nSPS) is 20.5. The number of aryl methyl sites for hydroxylation is 1. The number of ketones is 1. The predicted octanol–water partition coefficient (Wildman–Crippen LogP) is 5.58. The van der Waals surface area contributed by atoms with Crippen LogP contribution in [-0.2, 0) is 16.6 Å². The molecular weight excluding hydrogens is 440 g/mol. The summed E-state index contributed by atoms with van der Waals surface area (Å²) >= 11 is 0. The fraction of sp³-hybridized carbons (Fsp3) is 0.379. The van der Waals surface area contributed by atoms with E-state index in [4.69, 9.17) is 4.74 Å². The van der Waals surface area contributed by atoms with Crippen LogP contribution in [0.3, 0.4) is 0 Å². The Morgan fingerprint density at radius 3 is 2.57 bits per heavy atom. The van der Waals surface area contributed by atoms with Crippen molar-refractivity contribution in [2.24, 2.45) is 13.0 Å². The number of aromatic nitrogens is 1. The van der Waals surface area contributed by atoms with E-state index in [0.29, 0.717) is 23.8 Å². The third-order valence-corrected chi connectivity index (χ3v) is 7.11. The van der Waals surface area contributed by atoms with Crippen molar-refractivity contribution >= 4 is 28.4 Å². The van der Waals surface area contributed by atoms with E-state index in [1.807, 2.05) is 48.1 Å². The van der Waals surface area contributed by atoms with E-state index in [2.05, 4.69) is 13.8 Å². The first-order chi connectivity index (χ1) is 16.9. The van der Waals surface area contributed by atoms with Crippen LogP contribution in [0.2, 0.25) is 0 Å². The molecular formula is C29H32N2O4. The van der Waals surface area contributed by atoms with Crippen LogP contribution in [0.15, 0.2) is 60.3 Å². The highest BCUT2D eigenvalue weighted by Crippen LogP contribution is 2.45. The molecule has 2 aliphatic rings. The molecule has 2 fully saturated rings. The van der Waals surface area contributed by atoms with Crippen LogP contribution >= 0.6 is 0 Å². The Balaban J connectivity index is 1.67. The number of carbonyl (C=O) groups excluding carboxylic acids is 2. The molecule has 1 aromatic heterocycles. The smallest absolute Gasteiger partial charge is 0.295 e. The second-order valence-corrected chi connectivity index (χ2v) is 10.1. The molecule has 0 bridgehead atoms. The lowest BCUT2D eigenvalue weighted by atomic mass is 9.94. The zero-order valence-corrected chi connectivity index (χ0v) is 20.5. The molecule has 182 valence electrons. The van der Waals surface area contributed by atoms with Crippen LogP contribution in [0.5, 0.6) is 5.75 Å². The number of rotatable bonds is 6. The van der Waals surface area contributed by atoms with Crippen LogP contribution in [0.4, 0.5) is 0 Å². The Morgan fingerprint density at radius 2 is 1.83 bits per heavy atom. The molecule has 1 saturated carbocycles. The lowest BCUT2D eigenvalue weighted by Crippen LogP contribution is -2.37. The van der Waals surface area contributed by atoms with Gasteiger partial charge in [-0.1, -0.05) is 57.0 Å². The number of likely N-dealkylation sites (tertiary alicyclic amines) is 1. The highest BCUT2D eigenvalue weighted by Gasteiger charge is 2.50. The number of amides is 1. The maximum absolute atomic E-state index is 13.5. The summed E-state index contributed by atoms with van der Waals surface area (Å²) in [6.07, 6.45) is 5.79. The van der Waals surface area contributed by atoms with Gasteiger partial charge in [0.2, 0.25) is 0 Å². The van der Waals surface area contributed by atoms with Gasteiger partial charge in [-0.25, -0.2) is 0 Å². The molecule has 1 amide bonds. The van der Waals surface area contributed by atoms with E-state index < -0.39 is 17.7 Å². The molecule has 1 unspecified atom stereocenters. The van der Waals surface area contributed by atoms with Crippen molar-refractivity contribution in [1.82, 2.24) is 9.47 Å². The number of Topliss-reactive ketones (excluding diaryl/α,β-unsaturated/α-hetero) is 1. The fourth-order valence-corrected chi connectivity index (χ4v) is 5.46.